The van der Waals surface area contributed by atoms with E-state index in [0.717, 1.165) is 28.6 Å². The molecule has 2 aromatic carbocycles. The van der Waals surface area contributed by atoms with E-state index in [1.54, 1.807) is 42.7 Å². The van der Waals surface area contributed by atoms with Crippen LogP contribution in [0, 0.1) is 19.8 Å². The normalized spacial score (nSPS) is 25.4. The lowest BCUT2D eigenvalue weighted by Crippen LogP contribution is -2.35. The first-order chi connectivity index (χ1) is 17.1. The third kappa shape index (κ3) is 5.75. The summed E-state index contributed by atoms with van der Waals surface area (Å²) in [6.07, 6.45) is 19.8. The molecule has 0 saturated heterocycles. The third-order valence-electron chi connectivity index (χ3n) is 9.68. The van der Waals surface area contributed by atoms with E-state index in [1.165, 1.54) is 62.5 Å². The Labute approximate surface area is 218 Å². The van der Waals surface area contributed by atoms with Gasteiger partial charge in [-0.05, 0) is 111 Å². The number of benzene rings is 2. The van der Waals surface area contributed by atoms with E-state index in [2.05, 4.69) is 69.3 Å². The summed E-state index contributed by atoms with van der Waals surface area (Å²) in [5.41, 5.74) is 6.99. The molecule has 3 saturated carbocycles. The van der Waals surface area contributed by atoms with Crippen LogP contribution in [0.5, 0.6) is 0 Å². The Morgan fingerprint density at radius 2 is 1.09 bits per heavy atom. The van der Waals surface area contributed by atoms with E-state index in [9.17, 15) is 0 Å². The van der Waals surface area contributed by atoms with Gasteiger partial charge in [0.15, 0.2) is 0 Å². The molecule has 0 bridgehead atoms. The average Bonchev–Trinajstić information content (AvgIpc) is 3.37. The zero-order chi connectivity index (χ0) is 24.2. The highest BCUT2D eigenvalue weighted by atomic mass is 31.1. The van der Waals surface area contributed by atoms with Crippen molar-refractivity contribution in [2.45, 2.75) is 127 Å². The summed E-state index contributed by atoms with van der Waals surface area (Å²) in [7, 11) is -0.178. The van der Waals surface area contributed by atoms with E-state index in [0.29, 0.717) is 0 Å². The van der Waals surface area contributed by atoms with E-state index >= 15 is 0 Å². The van der Waals surface area contributed by atoms with Crippen LogP contribution in [0.25, 0.3) is 0 Å². The van der Waals surface area contributed by atoms with Crippen molar-refractivity contribution in [3.8, 4) is 0 Å². The smallest absolute Gasteiger partial charge is 0.0123 e. The van der Waals surface area contributed by atoms with Crippen molar-refractivity contribution in [1.29, 1.82) is 0 Å². The summed E-state index contributed by atoms with van der Waals surface area (Å²) in [4.78, 5) is 0. The predicted molar refractivity (Wildman–Crippen MR) is 160 cm³/mol. The fourth-order valence-corrected chi connectivity index (χ4v) is 16.3. The Kier molecular flexibility index (Phi) is 9.06. The maximum Gasteiger partial charge on any atom is -0.0123 e. The van der Waals surface area contributed by atoms with Crippen LogP contribution in [0.15, 0.2) is 48.5 Å². The monoisotopic (exact) mass is 506 g/mol. The molecule has 190 valence electrons. The lowest BCUT2D eigenvalue weighted by Gasteiger charge is -2.46. The lowest BCUT2D eigenvalue weighted by molar-refractivity contribution is 0.469. The van der Waals surface area contributed by atoms with Crippen LogP contribution in [0.1, 0.15) is 102 Å². The van der Waals surface area contributed by atoms with Crippen LogP contribution in [0.4, 0.5) is 0 Å². The van der Waals surface area contributed by atoms with Gasteiger partial charge in [0.05, 0.1) is 0 Å². The van der Waals surface area contributed by atoms with Crippen molar-refractivity contribution in [2.75, 3.05) is 0 Å². The highest BCUT2D eigenvalue weighted by Gasteiger charge is 2.45. The molecule has 0 N–H and O–H groups in total. The molecule has 35 heavy (non-hydrogen) atoms. The topological polar surface area (TPSA) is 0 Å². The van der Waals surface area contributed by atoms with Crippen LogP contribution in [0.2, 0.25) is 0 Å². The van der Waals surface area contributed by atoms with Gasteiger partial charge >= 0.3 is 0 Å². The molecule has 0 radical (unpaired) electrons. The minimum Gasteiger partial charge on any atom is -0.0968 e. The zero-order valence-electron chi connectivity index (χ0n) is 22.6. The Morgan fingerprint density at radius 1 is 0.600 bits per heavy atom. The predicted octanol–water partition coefficient (Wildman–Crippen LogP) is 9.44. The molecule has 3 aliphatic rings. The molecule has 3 fully saturated rings. The van der Waals surface area contributed by atoms with Crippen molar-refractivity contribution in [2.24, 2.45) is 5.92 Å². The fourth-order valence-electron chi connectivity index (χ4n) is 7.93. The van der Waals surface area contributed by atoms with Gasteiger partial charge in [0.1, 0.15) is 0 Å². The standard InChI is InChI=1S/C33H48P2/c1-25-15-10-12-22-31(25)34(32-23-13-11-16-26(32)2)27(3)30-21-14-24-33(30)35(28-17-6-4-7-18-28)29-19-8-5-9-20-29/h10-13,15-16,22-23,27-30,33H,4-9,14,17-21,24H2,1-3H3/t27-,30?,33?/m1/s1. The lowest BCUT2D eigenvalue weighted by atomic mass is 9.99. The second kappa shape index (κ2) is 12.2. The van der Waals surface area contributed by atoms with Gasteiger partial charge in [-0.1, -0.05) is 108 Å². The van der Waals surface area contributed by atoms with Gasteiger partial charge < -0.3 is 0 Å². The van der Waals surface area contributed by atoms with Crippen LogP contribution < -0.4 is 10.6 Å². The Balaban J connectivity index is 1.50. The quantitative estimate of drug-likeness (QED) is 0.328. The summed E-state index contributed by atoms with van der Waals surface area (Å²) >= 11 is 0. The van der Waals surface area contributed by atoms with Crippen molar-refractivity contribution < 1.29 is 0 Å². The van der Waals surface area contributed by atoms with E-state index in [1.807, 2.05) is 0 Å². The molecule has 2 heteroatoms. The van der Waals surface area contributed by atoms with Gasteiger partial charge in [-0.25, -0.2) is 0 Å². The molecule has 0 aromatic heterocycles. The Morgan fingerprint density at radius 3 is 1.57 bits per heavy atom. The second-order valence-corrected chi connectivity index (χ2v) is 17.4. The van der Waals surface area contributed by atoms with E-state index < -0.39 is 0 Å². The zero-order valence-corrected chi connectivity index (χ0v) is 24.4. The number of hydrogen-bond donors (Lipinski definition) is 0. The maximum absolute atomic E-state index is 2.68. The van der Waals surface area contributed by atoms with Crippen LogP contribution in [-0.4, -0.2) is 22.6 Å². The molecule has 0 heterocycles. The van der Waals surface area contributed by atoms with Crippen molar-refractivity contribution >= 4 is 26.5 Å². The molecular weight excluding hydrogens is 458 g/mol. The van der Waals surface area contributed by atoms with Gasteiger partial charge in [0.25, 0.3) is 0 Å². The highest BCUT2D eigenvalue weighted by molar-refractivity contribution is 7.73. The molecule has 0 aliphatic heterocycles. The molecule has 0 nitrogen and oxygen atoms in total. The largest absolute Gasteiger partial charge is 0.0968 e. The molecule has 3 aliphatic carbocycles. The van der Waals surface area contributed by atoms with Crippen LogP contribution >= 0.6 is 15.8 Å². The van der Waals surface area contributed by atoms with Crippen LogP contribution in [-0.2, 0) is 0 Å². The minimum atomic E-state index is -0.341. The summed E-state index contributed by atoms with van der Waals surface area (Å²) in [6.45, 7) is 7.40. The third-order valence-corrected chi connectivity index (χ3v) is 17.0. The molecule has 2 aromatic rings. The fraction of sp³-hybridized carbons (Fsp3) is 0.636. The summed E-state index contributed by atoms with van der Waals surface area (Å²) in [5, 5.41) is 3.30. The molecular formula is C33H48P2. The number of rotatable bonds is 7. The first-order valence-electron chi connectivity index (χ1n) is 14.8. The van der Waals surface area contributed by atoms with Gasteiger partial charge in [-0.2, -0.15) is 0 Å². The number of hydrogen-bond acceptors (Lipinski definition) is 0. The van der Waals surface area contributed by atoms with Gasteiger partial charge in [0, 0.05) is 0 Å². The average molecular weight is 507 g/mol. The minimum absolute atomic E-state index is 0.163. The van der Waals surface area contributed by atoms with Gasteiger partial charge in [0.2, 0.25) is 0 Å². The first kappa shape index (κ1) is 25.9. The van der Waals surface area contributed by atoms with E-state index in [4.69, 9.17) is 0 Å². The molecule has 3 atom stereocenters. The van der Waals surface area contributed by atoms with Crippen molar-refractivity contribution in [3.05, 3.63) is 59.7 Å². The molecule has 0 amide bonds. The Hall–Kier alpha value is -0.700. The summed E-state index contributed by atoms with van der Waals surface area (Å²) in [5.74, 6) is 0.926. The van der Waals surface area contributed by atoms with Crippen molar-refractivity contribution in [1.82, 2.24) is 0 Å². The van der Waals surface area contributed by atoms with Gasteiger partial charge in [-0.3, -0.25) is 0 Å². The second-order valence-electron chi connectivity index (χ2n) is 11.9. The van der Waals surface area contributed by atoms with E-state index in [-0.39, 0.29) is 15.8 Å². The van der Waals surface area contributed by atoms with Crippen LogP contribution in [0.3, 0.4) is 0 Å². The number of aryl methyl sites for hydroxylation is 2. The Bertz CT molecular complexity index is 876. The SMILES string of the molecule is Cc1ccccc1P(c1ccccc1C)[C@H](C)C1CCCC1P(C1CCCCC1)C1CCCCC1. The molecule has 0 spiro atoms. The summed E-state index contributed by atoms with van der Waals surface area (Å²) in [6, 6.07) is 18.7. The first-order valence-corrected chi connectivity index (χ1v) is 17.8. The van der Waals surface area contributed by atoms with Gasteiger partial charge in [-0.15, -0.1) is 0 Å². The maximum atomic E-state index is 2.68. The highest BCUT2D eigenvalue weighted by Crippen LogP contribution is 2.65. The summed E-state index contributed by atoms with van der Waals surface area (Å²) < 4.78 is 0. The van der Waals surface area contributed by atoms with Crippen molar-refractivity contribution in [3.63, 3.8) is 0 Å². The molecule has 2 unspecified atom stereocenters. The molecule has 5 rings (SSSR count).